The average Bonchev–Trinajstić information content (AvgIpc) is 2.66. The van der Waals surface area contributed by atoms with Gasteiger partial charge in [0, 0.05) is 37.2 Å². The molecular weight excluding hydrogens is 332 g/mol. The van der Waals surface area contributed by atoms with E-state index >= 15 is 0 Å². The van der Waals surface area contributed by atoms with Crippen LogP contribution in [0.4, 0.5) is 0 Å². The smallest absolute Gasteiger partial charge is 0.254 e. The van der Waals surface area contributed by atoms with Crippen LogP contribution in [0.25, 0.3) is 0 Å². The Morgan fingerprint density at radius 1 is 1.23 bits per heavy atom. The molecule has 0 radical (unpaired) electrons. The molecule has 3 amide bonds. The Hall–Kier alpha value is -2.41. The van der Waals surface area contributed by atoms with Gasteiger partial charge in [0.25, 0.3) is 5.91 Å². The molecule has 0 spiro atoms. The Morgan fingerprint density at radius 2 is 2.00 bits per heavy atom. The van der Waals surface area contributed by atoms with Gasteiger partial charge in [-0.1, -0.05) is 12.1 Å². The molecule has 2 saturated heterocycles. The number of amides is 3. The van der Waals surface area contributed by atoms with Gasteiger partial charge in [0.15, 0.2) is 0 Å². The first kappa shape index (κ1) is 18.4. The van der Waals surface area contributed by atoms with Crippen LogP contribution in [-0.2, 0) is 16.1 Å². The van der Waals surface area contributed by atoms with Gasteiger partial charge in [-0.25, -0.2) is 0 Å². The first-order valence-electron chi connectivity index (χ1n) is 9.19. The molecule has 2 aliphatic heterocycles. The first-order chi connectivity index (χ1) is 12.5. The lowest BCUT2D eigenvalue weighted by molar-refractivity contribution is -0.126. The second-order valence-electron chi connectivity index (χ2n) is 7.07. The molecule has 2 atom stereocenters. The molecule has 140 valence electrons. The van der Waals surface area contributed by atoms with E-state index in [4.69, 9.17) is 0 Å². The van der Waals surface area contributed by atoms with E-state index in [1.807, 2.05) is 12.1 Å². The van der Waals surface area contributed by atoms with Crippen molar-refractivity contribution in [2.45, 2.75) is 32.4 Å². The van der Waals surface area contributed by atoms with Gasteiger partial charge in [-0.2, -0.15) is 0 Å². The summed E-state index contributed by atoms with van der Waals surface area (Å²) in [6.07, 6.45) is 1.73. The average molecular weight is 358 g/mol. The Bertz CT molecular complexity index is 674. The van der Waals surface area contributed by atoms with Crippen LogP contribution in [-0.4, -0.2) is 54.8 Å². The highest BCUT2D eigenvalue weighted by Crippen LogP contribution is 2.16. The highest BCUT2D eigenvalue weighted by molar-refractivity contribution is 5.97. The molecule has 0 saturated carbocycles. The zero-order valence-corrected chi connectivity index (χ0v) is 15.1. The standard InChI is InChI=1S/C19H26N4O3/c1-13-10-16(6-7-20-13)18(25)22-11-14-2-4-15(5-3-14)19(26)23-9-8-21-17(24)12-23/h2-5,13,16,20H,6-12H2,1H3,(H,21,24)(H,22,25)/t13-,16-/m0/s1. The SMILES string of the molecule is C[C@H]1C[C@@H](C(=O)NCc2ccc(C(=O)N3CCNC(=O)C3)cc2)CCN1. The number of rotatable bonds is 4. The summed E-state index contributed by atoms with van der Waals surface area (Å²) in [6.45, 7) is 4.55. The zero-order chi connectivity index (χ0) is 18.5. The third-order valence-corrected chi connectivity index (χ3v) is 4.99. The van der Waals surface area contributed by atoms with Gasteiger partial charge in [-0.3, -0.25) is 14.4 Å². The molecule has 1 aromatic rings. The molecule has 1 aromatic carbocycles. The molecule has 7 heteroatoms. The molecule has 0 unspecified atom stereocenters. The normalized spacial score (nSPS) is 23.3. The first-order valence-corrected chi connectivity index (χ1v) is 9.19. The van der Waals surface area contributed by atoms with Gasteiger partial charge >= 0.3 is 0 Å². The molecule has 3 N–H and O–H groups in total. The topological polar surface area (TPSA) is 90.5 Å². The fraction of sp³-hybridized carbons (Fsp3) is 0.526. The number of piperazine rings is 1. The second kappa shape index (κ2) is 8.31. The maximum absolute atomic E-state index is 12.4. The summed E-state index contributed by atoms with van der Waals surface area (Å²) < 4.78 is 0. The molecule has 7 nitrogen and oxygen atoms in total. The summed E-state index contributed by atoms with van der Waals surface area (Å²) in [7, 11) is 0. The van der Waals surface area contributed by atoms with Gasteiger partial charge in [0.1, 0.15) is 0 Å². The van der Waals surface area contributed by atoms with E-state index in [2.05, 4.69) is 22.9 Å². The van der Waals surface area contributed by atoms with Crippen molar-refractivity contribution in [1.29, 1.82) is 0 Å². The predicted molar refractivity (Wildman–Crippen MR) is 97.4 cm³/mol. The Kier molecular flexibility index (Phi) is 5.88. The van der Waals surface area contributed by atoms with Crippen molar-refractivity contribution in [3.05, 3.63) is 35.4 Å². The van der Waals surface area contributed by atoms with E-state index in [9.17, 15) is 14.4 Å². The lowest BCUT2D eigenvalue weighted by Crippen LogP contribution is -2.49. The number of piperidine rings is 1. The van der Waals surface area contributed by atoms with Crippen molar-refractivity contribution >= 4 is 17.7 Å². The second-order valence-corrected chi connectivity index (χ2v) is 7.07. The quantitative estimate of drug-likeness (QED) is 0.720. The lowest BCUT2D eigenvalue weighted by atomic mass is 9.92. The largest absolute Gasteiger partial charge is 0.353 e. The fourth-order valence-corrected chi connectivity index (χ4v) is 3.46. The summed E-state index contributed by atoms with van der Waals surface area (Å²) in [6, 6.07) is 7.58. The Morgan fingerprint density at radius 3 is 2.69 bits per heavy atom. The van der Waals surface area contributed by atoms with Crippen LogP contribution < -0.4 is 16.0 Å². The minimum Gasteiger partial charge on any atom is -0.353 e. The van der Waals surface area contributed by atoms with Crippen LogP contribution in [0, 0.1) is 5.92 Å². The number of nitrogens with zero attached hydrogens (tertiary/aromatic N) is 1. The predicted octanol–water partition coefficient (Wildman–Crippen LogP) is 0.263. The summed E-state index contributed by atoms with van der Waals surface area (Å²) in [4.78, 5) is 37.7. The molecule has 0 bridgehead atoms. The van der Waals surface area contributed by atoms with E-state index in [0.717, 1.165) is 24.9 Å². The fourth-order valence-electron chi connectivity index (χ4n) is 3.46. The summed E-state index contributed by atoms with van der Waals surface area (Å²) in [5.74, 6) is -0.106. The number of carbonyl (C=O) groups is 3. The molecule has 26 heavy (non-hydrogen) atoms. The highest BCUT2D eigenvalue weighted by atomic mass is 16.2. The molecule has 2 heterocycles. The van der Waals surface area contributed by atoms with Crippen LogP contribution in [0.3, 0.4) is 0 Å². The van der Waals surface area contributed by atoms with Crippen molar-refractivity contribution < 1.29 is 14.4 Å². The number of carbonyl (C=O) groups excluding carboxylic acids is 3. The van der Waals surface area contributed by atoms with Crippen molar-refractivity contribution in [3.8, 4) is 0 Å². The number of hydrogen-bond acceptors (Lipinski definition) is 4. The molecule has 2 aliphatic rings. The van der Waals surface area contributed by atoms with E-state index in [-0.39, 0.29) is 30.2 Å². The van der Waals surface area contributed by atoms with Crippen molar-refractivity contribution in [3.63, 3.8) is 0 Å². The third kappa shape index (κ3) is 4.60. The molecule has 3 rings (SSSR count). The number of benzene rings is 1. The van der Waals surface area contributed by atoms with E-state index in [1.165, 1.54) is 0 Å². The third-order valence-electron chi connectivity index (χ3n) is 4.99. The summed E-state index contributed by atoms with van der Waals surface area (Å²) in [5, 5.41) is 9.05. The summed E-state index contributed by atoms with van der Waals surface area (Å²) >= 11 is 0. The molecule has 0 aromatic heterocycles. The Labute approximate surface area is 153 Å². The molecule has 2 fully saturated rings. The lowest BCUT2D eigenvalue weighted by Gasteiger charge is -2.27. The van der Waals surface area contributed by atoms with Crippen molar-refractivity contribution in [1.82, 2.24) is 20.9 Å². The van der Waals surface area contributed by atoms with E-state index < -0.39 is 0 Å². The maximum Gasteiger partial charge on any atom is 0.254 e. The summed E-state index contributed by atoms with van der Waals surface area (Å²) in [5.41, 5.74) is 1.51. The van der Waals surface area contributed by atoms with Gasteiger partial charge in [0.2, 0.25) is 11.8 Å². The van der Waals surface area contributed by atoms with Crippen LogP contribution >= 0.6 is 0 Å². The van der Waals surface area contributed by atoms with Crippen molar-refractivity contribution in [2.75, 3.05) is 26.2 Å². The zero-order valence-electron chi connectivity index (χ0n) is 15.1. The molecular formula is C19H26N4O3. The number of nitrogens with one attached hydrogen (secondary N) is 3. The van der Waals surface area contributed by atoms with E-state index in [0.29, 0.717) is 31.2 Å². The van der Waals surface area contributed by atoms with Crippen LogP contribution in [0.15, 0.2) is 24.3 Å². The van der Waals surface area contributed by atoms with Gasteiger partial charge in [0.05, 0.1) is 6.54 Å². The monoisotopic (exact) mass is 358 g/mol. The van der Waals surface area contributed by atoms with Crippen LogP contribution in [0.2, 0.25) is 0 Å². The Balaban J connectivity index is 1.52. The van der Waals surface area contributed by atoms with Crippen molar-refractivity contribution in [2.24, 2.45) is 5.92 Å². The van der Waals surface area contributed by atoms with Gasteiger partial charge in [-0.05, 0) is 44.0 Å². The van der Waals surface area contributed by atoms with Gasteiger partial charge < -0.3 is 20.9 Å². The number of hydrogen-bond donors (Lipinski definition) is 3. The van der Waals surface area contributed by atoms with Crippen LogP contribution in [0.5, 0.6) is 0 Å². The van der Waals surface area contributed by atoms with Crippen LogP contribution in [0.1, 0.15) is 35.7 Å². The minimum absolute atomic E-state index is 0.0670. The highest BCUT2D eigenvalue weighted by Gasteiger charge is 2.24. The minimum atomic E-state index is -0.140. The molecule has 0 aliphatic carbocycles. The van der Waals surface area contributed by atoms with E-state index in [1.54, 1.807) is 17.0 Å². The van der Waals surface area contributed by atoms with Gasteiger partial charge in [-0.15, -0.1) is 0 Å². The maximum atomic E-state index is 12.4.